The molecule has 0 rings (SSSR count). The summed E-state index contributed by atoms with van der Waals surface area (Å²) in [7, 11) is 1.90. The summed E-state index contributed by atoms with van der Waals surface area (Å²) in [6, 6.07) is 0. The number of carbonyl (C=O) groups is 1. The third-order valence-electron chi connectivity index (χ3n) is 7.08. The molecule has 46 heavy (non-hydrogen) atoms. The molecule has 0 aromatic carbocycles. The highest BCUT2D eigenvalue weighted by Crippen LogP contribution is 2.13. The van der Waals surface area contributed by atoms with E-state index in [4.69, 9.17) is 42.6 Å². The van der Waals surface area contributed by atoms with Gasteiger partial charge in [0.15, 0.2) is 0 Å². The van der Waals surface area contributed by atoms with E-state index in [-0.39, 0.29) is 5.97 Å². The zero-order valence-corrected chi connectivity index (χ0v) is 29.7. The lowest BCUT2D eigenvalue weighted by atomic mass is 10.0. The van der Waals surface area contributed by atoms with Crippen LogP contribution < -0.4 is 5.32 Å². The van der Waals surface area contributed by atoms with Crippen molar-refractivity contribution in [2.45, 2.75) is 96.8 Å². The first-order valence-electron chi connectivity index (χ1n) is 18.2. The first-order valence-corrected chi connectivity index (χ1v) is 18.2. The van der Waals surface area contributed by atoms with E-state index in [1.54, 1.807) is 0 Å². The van der Waals surface area contributed by atoms with Gasteiger partial charge in [0, 0.05) is 13.0 Å². The molecule has 0 bridgehead atoms. The Morgan fingerprint density at radius 1 is 0.391 bits per heavy atom. The van der Waals surface area contributed by atoms with Crippen molar-refractivity contribution in [1.29, 1.82) is 0 Å². The molecule has 11 nitrogen and oxygen atoms in total. The quantitative estimate of drug-likeness (QED) is 0.0673. The number of ether oxygens (including phenoxy) is 9. The van der Waals surface area contributed by atoms with Gasteiger partial charge in [-0.05, 0) is 13.5 Å². The Balaban J connectivity index is 3.12. The standard InChI is InChI=1S/C35H71NO10/c1-3-4-5-6-7-8-9-10-11-12-13-14-15-16-35(37)46-34-33-45-32-31-44-30-29-43-28-27-42-26-25-41-24-23-40-22-21-39-20-19-38-18-17-36-2/h36H,3-34H2,1-2H3. The van der Waals surface area contributed by atoms with Crippen LogP contribution >= 0.6 is 0 Å². The molecule has 0 aromatic heterocycles. The van der Waals surface area contributed by atoms with Crippen LogP contribution in [0.15, 0.2) is 0 Å². The molecular formula is C35H71NO10. The minimum absolute atomic E-state index is 0.128. The molecule has 0 spiro atoms. The maximum Gasteiger partial charge on any atom is 0.305 e. The maximum absolute atomic E-state index is 11.8. The molecule has 0 atom stereocenters. The van der Waals surface area contributed by atoms with E-state index in [1.807, 2.05) is 7.05 Å². The second-order valence-corrected chi connectivity index (χ2v) is 11.2. The van der Waals surface area contributed by atoms with Gasteiger partial charge in [-0.3, -0.25) is 4.79 Å². The lowest BCUT2D eigenvalue weighted by Crippen LogP contribution is -2.17. The Hall–Kier alpha value is -0.890. The molecule has 0 radical (unpaired) electrons. The molecule has 0 aliphatic carbocycles. The van der Waals surface area contributed by atoms with Gasteiger partial charge >= 0.3 is 5.97 Å². The molecule has 0 unspecified atom stereocenters. The van der Waals surface area contributed by atoms with Crippen molar-refractivity contribution in [3.63, 3.8) is 0 Å². The van der Waals surface area contributed by atoms with Gasteiger partial charge in [0.2, 0.25) is 0 Å². The summed E-state index contributed by atoms with van der Waals surface area (Å²) in [5.41, 5.74) is 0. The maximum atomic E-state index is 11.8. The van der Waals surface area contributed by atoms with Crippen molar-refractivity contribution in [2.75, 3.05) is 126 Å². The molecule has 1 N–H and O–H groups in total. The molecule has 0 aromatic rings. The van der Waals surface area contributed by atoms with Crippen LogP contribution in [0.1, 0.15) is 96.8 Å². The number of rotatable bonds is 41. The van der Waals surface area contributed by atoms with Crippen molar-refractivity contribution < 1.29 is 47.4 Å². The van der Waals surface area contributed by atoms with E-state index in [0.717, 1.165) is 19.4 Å². The van der Waals surface area contributed by atoms with Crippen molar-refractivity contribution >= 4 is 5.97 Å². The Labute approximate surface area is 281 Å². The first kappa shape index (κ1) is 45.1. The molecule has 0 heterocycles. The van der Waals surface area contributed by atoms with Crippen LogP contribution in [-0.4, -0.2) is 132 Å². The van der Waals surface area contributed by atoms with Crippen molar-refractivity contribution in [2.24, 2.45) is 0 Å². The Bertz CT molecular complexity index is 573. The van der Waals surface area contributed by atoms with Crippen LogP contribution in [0, 0.1) is 0 Å². The minimum atomic E-state index is -0.128. The van der Waals surface area contributed by atoms with Crippen LogP contribution in [0.3, 0.4) is 0 Å². The number of nitrogens with one attached hydrogen (secondary N) is 1. The van der Waals surface area contributed by atoms with Crippen molar-refractivity contribution in [3.05, 3.63) is 0 Å². The lowest BCUT2D eigenvalue weighted by molar-refractivity contribution is -0.145. The molecule has 0 saturated carbocycles. The highest BCUT2D eigenvalue weighted by Gasteiger charge is 2.03. The molecule has 0 amide bonds. The predicted molar refractivity (Wildman–Crippen MR) is 182 cm³/mol. The molecular weight excluding hydrogens is 594 g/mol. The molecule has 0 aliphatic heterocycles. The van der Waals surface area contributed by atoms with Gasteiger partial charge < -0.3 is 47.9 Å². The van der Waals surface area contributed by atoms with Gasteiger partial charge in [-0.2, -0.15) is 0 Å². The summed E-state index contributed by atoms with van der Waals surface area (Å²) in [6.07, 6.45) is 17.4. The van der Waals surface area contributed by atoms with Crippen LogP contribution in [0.2, 0.25) is 0 Å². The topological polar surface area (TPSA) is 112 Å². The summed E-state index contributed by atoms with van der Waals surface area (Å²) >= 11 is 0. The van der Waals surface area contributed by atoms with Crippen molar-refractivity contribution in [1.82, 2.24) is 5.32 Å². The van der Waals surface area contributed by atoms with Gasteiger partial charge in [-0.15, -0.1) is 0 Å². The van der Waals surface area contributed by atoms with Gasteiger partial charge in [0.1, 0.15) is 6.61 Å². The zero-order valence-electron chi connectivity index (χ0n) is 29.7. The van der Waals surface area contributed by atoms with Gasteiger partial charge in [-0.1, -0.05) is 84.0 Å². The summed E-state index contributed by atoms with van der Waals surface area (Å²) < 4.78 is 48.9. The van der Waals surface area contributed by atoms with E-state index in [1.165, 1.54) is 70.6 Å². The van der Waals surface area contributed by atoms with Crippen LogP contribution in [0.25, 0.3) is 0 Å². The average molecular weight is 666 g/mol. The fourth-order valence-electron chi connectivity index (χ4n) is 4.39. The smallest absolute Gasteiger partial charge is 0.305 e. The Morgan fingerprint density at radius 3 is 1.00 bits per heavy atom. The fourth-order valence-corrected chi connectivity index (χ4v) is 4.39. The summed E-state index contributed by atoms with van der Waals surface area (Å²) in [4.78, 5) is 11.8. The van der Waals surface area contributed by atoms with E-state index in [9.17, 15) is 4.79 Å². The largest absolute Gasteiger partial charge is 0.463 e. The van der Waals surface area contributed by atoms with Crippen LogP contribution in [0.4, 0.5) is 0 Å². The molecule has 0 fully saturated rings. The normalized spacial score (nSPS) is 11.4. The van der Waals surface area contributed by atoms with Gasteiger partial charge in [-0.25, -0.2) is 0 Å². The SMILES string of the molecule is CCCCCCCCCCCCCCCC(=O)OCCOCCOCCOCCOCCOCCOCCOCCOCCNC. The summed E-state index contributed by atoms with van der Waals surface area (Å²) in [5, 5.41) is 3.02. The third-order valence-corrected chi connectivity index (χ3v) is 7.08. The number of esters is 1. The van der Waals surface area contributed by atoms with E-state index >= 15 is 0 Å². The Kier molecular flexibility index (Phi) is 41.3. The third kappa shape index (κ3) is 41.1. The van der Waals surface area contributed by atoms with Gasteiger partial charge in [0.25, 0.3) is 0 Å². The highest BCUT2D eigenvalue weighted by atomic mass is 16.6. The zero-order chi connectivity index (χ0) is 33.3. The Morgan fingerprint density at radius 2 is 0.674 bits per heavy atom. The van der Waals surface area contributed by atoms with Crippen molar-refractivity contribution in [3.8, 4) is 0 Å². The predicted octanol–water partition coefficient (Wildman–Crippen LogP) is 5.36. The number of carbonyl (C=O) groups excluding carboxylic acids is 1. The number of unbranched alkanes of at least 4 members (excludes halogenated alkanes) is 12. The van der Waals surface area contributed by atoms with Crippen LogP contribution in [0.5, 0.6) is 0 Å². The average Bonchev–Trinajstić information content (AvgIpc) is 3.06. The summed E-state index contributed by atoms with van der Waals surface area (Å²) in [5.74, 6) is -0.128. The monoisotopic (exact) mass is 666 g/mol. The number of hydrogen-bond donors (Lipinski definition) is 1. The molecule has 0 saturated heterocycles. The first-order chi connectivity index (χ1) is 22.8. The second kappa shape index (κ2) is 42.1. The van der Waals surface area contributed by atoms with Gasteiger partial charge in [0.05, 0.1) is 106 Å². The lowest BCUT2D eigenvalue weighted by Gasteiger charge is -2.09. The highest BCUT2D eigenvalue weighted by molar-refractivity contribution is 5.69. The number of likely N-dealkylation sites (N-methyl/N-ethyl adjacent to an activating group) is 1. The van der Waals surface area contributed by atoms with E-state index in [0.29, 0.717) is 119 Å². The van der Waals surface area contributed by atoms with Crippen LogP contribution in [-0.2, 0) is 47.4 Å². The molecule has 0 aliphatic rings. The molecule has 276 valence electrons. The van der Waals surface area contributed by atoms with E-state index < -0.39 is 0 Å². The minimum Gasteiger partial charge on any atom is -0.463 e. The van der Waals surface area contributed by atoms with E-state index in [2.05, 4.69) is 12.2 Å². The second-order valence-electron chi connectivity index (χ2n) is 11.2. The number of hydrogen-bond acceptors (Lipinski definition) is 11. The summed E-state index contributed by atoms with van der Waals surface area (Å²) in [6.45, 7) is 11.8. The fraction of sp³-hybridized carbons (Fsp3) is 0.971. The molecule has 11 heteroatoms.